The molecule has 0 saturated carbocycles. The summed E-state index contributed by atoms with van der Waals surface area (Å²) in [5, 5.41) is 5.58. The van der Waals surface area contributed by atoms with Gasteiger partial charge in [-0.15, -0.1) is 0 Å². The van der Waals surface area contributed by atoms with E-state index in [2.05, 4.69) is 34.3 Å². The molecule has 1 aliphatic heterocycles. The fourth-order valence-electron chi connectivity index (χ4n) is 4.37. The Bertz CT molecular complexity index is 1180. The van der Waals surface area contributed by atoms with Crippen LogP contribution in [0.3, 0.4) is 0 Å². The normalized spacial score (nSPS) is 15.3. The lowest BCUT2D eigenvalue weighted by Gasteiger charge is -2.37. The van der Waals surface area contributed by atoms with Gasteiger partial charge in [-0.3, -0.25) is 9.69 Å². The second kappa shape index (κ2) is 9.18. The molecule has 32 heavy (non-hydrogen) atoms. The maximum absolute atomic E-state index is 13.5. The van der Waals surface area contributed by atoms with Gasteiger partial charge in [-0.2, -0.15) is 0 Å². The highest BCUT2D eigenvalue weighted by Gasteiger charge is 2.33. The maximum Gasteiger partial charge on any atom is 0.263 e. The molecule has 6 nitrogen and oxygen atoms in total. The molecular formula is C25H24ClN3O3. The number of halogens is 1. The Kier molecular flexibility index (Phi) is 5.97. The Morgan fingerprint density at radius 1 is 1.12 bits per heavy atom. The van der Waals surface area contributed by atoms with Crippen molar-refractivity contribution < 1.29 is 13.7 Å². The quantitative estimate of drug-likeness (QED) is 0.393. The van der Waals surface area contributed by atoms with Crippen LogP contribution in [0.15, 0.2) is 76.1 Å². The Morgan fingerprint density at radius 2 is 1.94 bits per heavy atom. The van der Waals surface area contributed by atoms with Crippen molar-refractivity contribution in [3.63, 3.8) is 0 Å². The number of carbonyl (C=O) groups excluding carboxylic acids is 1. The number of rotatable bonds is 6. The minimum absolute atomic E-state index is 0.0117. The van der Waals surface area contributed by atoms with Gasteiger partial charge in [-0.1, -0.05) is 47.1 Å². The van der Waals surface area contributed by atoms with Crippen LogP contribution in [0.1, 0.15) is 28.8 Å². The van der Waals surface area contributed by atoms with E-state index in [0.29, 0.717) is 22.0 Å². The largest absolute Gasteiger partial charge is 0.472 e. The lowest BCUT2D eigenvalue weighted by molar-refractivity contribution is 0.0957. The summed E-state index contributed by atoms with van der Waals surface area (Å²) in [6, 6.07) is 17.6. The number of nitrogens with zero attached hydrogens (tertiary/aromatic N) is 3. The average molecular weight is 450 g/mol. The first-order valence-corrected chi connectivity index (χ1v) is 11.2. The van der Waals surface area contributed by atoms with E-state index in [0.717, 1.165) is 44.3 Å². The minimum Gasteiger partial charge on any atom is -0.472 e. The lowest BCUT2D eigenvalue weighted by atomic mass is 10.0. The molecule has 1 amide bonds. The van der Waals surface area contributed by atoms with Crippen molar-refractivity contribution in [3.8, 4) is 0 Å². The standard InChI is InChI=1S/C25H24ClN3O3/c26-20-6-7-23-22(16-20)24(27-32-23)29(25(30)19-11-15-31-17-19)21-9-13-28(14-10-21)12-8-18-4-2-1-3-5-18/h1-7,11,15-17,21H,8-10,12-14H2. The van der Waals surface area contributed by atoms with Crippen molar-refractivity contribution in [3.05, 3.63) is 83.3 Å². The number of amides is 1. The smallest absolute Gasteiger partial charge is 0.263 e. The fraction of sp³-hybridized carbons (Fsp3) is 0.280. The zero-order valence-electron chi connectivity index (χ0n) is 17.6. The molecule has 0 unspecified atom stereocenters. The maximum atomic E-state index is 13.5. The summed E-state index contributed by atoms with van der Waals surface area (Å²) < 4.78 is 10.7. The van der Waals surface area contributed by atoms with E-state index < -0.39 is 0 Å². The van der Waals surface area contributed by atoms with Crippen LogP contribution in [-0.2, 0) is 6.42 Å². The van der Waals surface area contributed by atoms with E-state index in [4.69, 9.17) is 20.5 Å². The SMILES string of the molecule is O=C(c1ccoc1)N(c1noc2ccc(Cl)cc12)C1CCN(CCc2ccccc2)CC1. The van der Waals surface area contributed by atoms with Gasteiger partial charge in [0, 0.05) is 30.7 Å². The number of piperidine rings is 1. The predicted molar refractivity (Wildman–Crippen MR) is 124 cm³/mol. The topological polar surface area (TPSA) is 62.7 Å². The second-order valence-corrected chi connectivity index (χ2v) is 8.58. The highest BCUT2D eigenvalue weighted by molar-refractivity contribution is 6.31. The van der Waals surface area contributed by atoms with Crippen molar-refractivity contribution in [2.24, 2.45) is 0 Å². The van der Waals surface area contributed by atoms with Crippen LogP contribution in [0.25, 0.3) is 11.0 Å². The van der Waals surface area contributed by atoms with E-state index in [1.54, 1.807) is 29.2 Å². The van der Waals surface area contributed by atoms with E-state index in [1.165, 1.54) is 18.1 Å². The molecule has 2 aromatic carbocycles. The first-order chi connectivity index (χ1) is 15.7. The van der Waals surface area contributed by atoms with E-state index in [9.17, 15) is 4.79 Å². The van der Waals surface area contributed by atoms with Gasteiger partial charge in [-0.25, -0.2) is 0 Å². The summed E-state index contributed by atoms with van der Waals surface area (Å²) in [6.45, 7) is 2.85. The number of benzene rings is 2. The number of likely N-dealkylation sites (tertiary alicyclic amines) is 1. The summed E-state index contributed by atoms with van der Waals surface area (Å²) in [5.74, 6) is 0.369. The van der Waals surface area contributed by atoms with Gasteiger partial charge >= 0.3 is 0 Å². The molecule has 1 fully saturated rings. The number of hydrogen-bond donors (Lipinski definition) is 0. The van der Waals surface area contributed by atoms with Gasteiger partial charge in [0.1, 0.15) is 6.26 Å². The third kappa shape index (κ3) is 4.29. The molecule has 2 aromatic heterocycles. The van der Waals surface area contributed by atoms with Gasteiger partial charge < -0.3 is 13.8 Å². The third-order valence-corrected chi connectivity index (χ3v) is 6.34. The van der Waals surface area contributed by atoms with Crippen molar-refractivity contribution in [1.29, 1.82) is 0 Å². The predicted octanol–water partition coefficient (Wildman–Crippen LogP) is 5.43. The van der Waals surface area contributed by atoms with Crippen LogP contribution in [-0.4, -0.2) is 41.6 Å². The molecule has 0 radical (unpaired) electrons. The molecule has 3 heterocycles. The molecule has 0 N–H and O–H groups in total. The van der Waals surface area contributed by atoms with Gasteiger partial charge in [0.25, 0.3) is 5.91 Å². The number of fused-ring (bicyclic) bond motifs is 1. The summed E-state index contributed by atoms with van der Waals surface area (Å²) in [6.07, 6.45) is 5.71. The van der Waals surface area contributed by atoms with Crippen molar-refractivity contribution in [2.75, 3.05) is 24.5 Å². The number of hydrogen-bond acceptors (Lipinski definition) is 5. The van der Waals surface area contributed by atoms with Crippen molar-refractivity contribution >= 4 is 34.3 Å². The van der Waals surface area contributed by atoms with Gasteiger partial charge in [-0.05, 0) is 49.1 Å². The van der Waals surface area contributed by atoms with Crippen LogP contribution in [0, 0.1) is 0 Å². The van der Waals surface area contributed by atoms with Crippen LogP contribution >= 0.6 is 11.6 Å². The van der Waals surface area contributed by atoms with Crippen molar-refractivity contribution in [2.45, 2.75) is 25.3 Å². The highest BCUT2D eigenvalue weighted by Crippen LogP contribution is 2.33. The molecule has 0 atom stereocenters. The number of aromatic nitrogens is 1. The first-order valence-electron chi connectivity index (χ1n) is 10.9. The van der Waals surface area contributed by atoms with Crippen LogP contribution < -0.4 is 4.90 Å². The van der Waals surface area contributed by atoms with Gasteiger partial charge in [0.2, 0.25) is 0 Å². The Hall–Kier alpha value is -3.09. The van der Waals surface area contributed by atoms with Gasteiger partial charge in [0.05, 0.1) is 17.2 Å². The average Bonchev–Trinajstić information content (AvgIpc) is 3.50. The minimum atomic E-state index is -0.142. The number of anilines is 1. The first kappa shape index (κ1) is 20.8. The zero-order chi connectivity index (χ0) is 21.9. The van der Waals surface area contributed by atoms with E-state index in [1.807, 2.05) is 6.07 Å². The van der Waals surface area contributed by atoms with Crippen LogP contribution in [0.4, 0.5) is 5.82 Å². The summed E-state index contributed by atoms with van der Waals surface area (Å²) >= 11 is 6.23. The molecule has 1 aliphatic rings. The fourth-order valence-corrected chi connectivity index (χ4v) is 4.54. The molecule has 164 valence electrons. The second-order valence-electron chi connectivity index (χ2n) is 8.14. The monoisotopic (exact) mass is 449 g/mol. The highest BCUT2D eigenvalue weighted by atomic mass is 35.5. The molecule has 0 bridgehead atoms. The Balaban J connectivity index is 1.36. The zero-order valence-corrected chi connectivity index (χ0v) is 18.4. The molecule has 4 aromatic rings. The molecule has 0 spiro atoms. The Labute approximate surface area is 191 Å². The molecule has 7 heteroatoms. The van der Waals surface area contributed by atoms with Gasteiger partial charge in [0.15, 0.2) is 11.4 Å². The number of carbonyl (C=O) groups is 1. The van der Waals surface area contributed by atoms with E-state index in [-0.39, 0.29) is 11.9 Å². The van der Waals surface area contributed by atoms with Crippen molar-refractivity contribution in [1.82, 2.24) is 10.1 Å². The summed E-state index contributed by atoms with van der Waals surface area (Å²) in [7, 11) is 0. The molecule has 5 rings (SSSR count). The summed E-state index contributed by atoms with van der Waals surface area (Å²) in [5.41, 5.74) is 2.45. The van der Waals surface area contributed by atoms with Crippen LogP contribution in [0.5, 0.6) is 0 Å². The number of furan rings is 1. The van der Waals surface area contributed by atoms with Crippen LogP contribution in [0.2, 0.25) is 5.02 Å². The Morgan fingerprint density at radius 3 is 2.69 bits per heavy atom. The summed E-state index contributed by atoms with van der Waals surface area (Å²) in [4.78, 5) is 17.7. The molecule has 0 aliphatic carbocycles. The third-order valence-electron chi connectivity index (χ3n) is 6.11. The molecule has 1 saturated heterocycles. The lowest BCUT2D eigenvalue weighted by Crippen LogP contribution is -2.48. The molecular weight excluding hydrogens is 426 g/mol. The van der Waals surface area contributed by atoms with E-state index >= 15 is 0 Å².